The van der Waals surface area contributed by atoms with Gasteiger partial charge in [0.05, 0.1) is 37.5 Å². The highest BCUT2D eigenvalue weighted by Crippen LogP contribution is 2.49. The smallest absolute Gasteiger partial charge is 0.355 e. The van der Waals surface area contributed by atoms with Crippen molar-refractivity contribution in [2.75, 3.05) is 18.0 Å². The molecule has 8 heteroatoms. The Morgan fingerprint density at radius 2 is 2.12 bits per heavy atom. The first-order valence-electron chi connectivity index (χ1n) is 11.0. The van der Waals surface area contributed by atoms with E-state index >= 15 is 0 Å². The van der Waals surface area contributed by atoms with E-state index in [2.05, 4.69) is 16.4 Å². The lowest BCUT2D eigenvalue weighted by Crippen LogP contribution is -2.63. The molecule has 3 heterocycles. The predicted octanol–water partition coefficient (Wildman–Crippen LogP) is 3.00. The molecular weight excluding hydrogens is 440 g/mol. The second-order valence-electron chi connectivity index (χ2n) is 8.73. The van der Waals surface area contributed by atoms with Crippen LogP contribution in [0, 0.1) is 11.8 Å². The number of rotatable bonds is 6. The molecule has 1 amide bonds. The number of nitrogens with zero attached hydrogens (tertiary/aromatic N) is 2. The van der Waals surface area contributed by atoms with Crippen LogP contribution in [0.15, 0.2) is 58.6 Å². The summed E-state index contributed by atoms with van der Waals surface area (Å²) in [6.45, 7) is 4.19. The van der Waals surface area contributed by atoms with Gasteiger partial charge in [-0.1, -0.05) is 31.2 Å². The van der Waals surface area contributed by atoms with E-state index < -0.39 is 18.0 Å². The molecule has 0 radical (unpaired) electrons. The first-order chi connectivity index (χ1) is 15.9. The van der Waals surface area contributed by atoms with Crippen molar-refractivity contribution < 1.29 is 24.5 Å². The molecule has 0 bridgehead atoms. The number of allylic oxidation sites excluding steroid dienone is 1. The quantitative estimate of drug-likeness (QED) is 0.384. The van der Waals surface area contributed by atoms with Gasteiger partial charge in [-0.25, -0.2) is 4.79 Å². The van der Waals surface area contributed by atoms with Crippen molar-refractivity contribution in [2.45, 2.75) is 37.5 Å². The average Bonchev–Trinajstić information content (AvgIpc) is 3.27. The van der Waals surface area contributed by atoms with E-state index in [9.17, 15) is 19.8 Å². The maximum absolute atomic E-state index is 12.6. The molecule has 3 aliphatic rings. The summed E-state index contributed by atoms with van der Waals surface area (Å²) in [5.41, 5.74) is 3.02. The number of esters is 1. The number of carbonyl (C=O) groups is 2. The third kappa shape index (κ3) is 3.27. The van der Waals surface area contributed by atoms with Crippen molar-refractivity contribution in [3.63, 3.8) is 0 Å². The number of hydrogen-bond acceptors (Lipinski definition) is 7. The van der Waals surface area contributed by atoms with E-state index in [-0.39, 0.29) is 30.2 Å². The summed E-state index contributed by atoms with van der Waals surface area (Å²) in [4.78, 5) is 27.8. The SMILES string of the molecule is COC(=O)C1=C(/C=C/CN2Sc3cc(CO)cc4cccc2c34)C(C)C2C(C(C)O)C(=O)N12. The van der Waals surface area contributed by atoms with Crippen LogP contribution >= 0.6 is 11.9 Å². The Morgan fingerprint density at radius 1 is 1.33 bits per heavy atom. The zero-order valence-corrected chi connectivity index (χ0v) is 19.5. The Morgan fingerprint density at radius 3 is 2.82 bits per heavy atom. The van der Waals surface area contributed by atoms with Crippen LogP contribution in [0.2, 0.25) is 0 Å². The number of aliphatic hydroxyl groups is 2. The van der Waals surface area contributed by atoms with Gasteiger partial charge in [-0.05, 0) is 53.6 Å². The fraction of sp³-hybridized carbons (Fsp3) is 0.360. The van der Waals surface area contributed by atoms with Crippen LogP contribution in [0.4, 0.5) is 5.69 Å². The average molecular weight is 467 g/mol. The lowest BCUT2D eigenvalue weighted by Gasteiger charge is -2.46. The monoisotopic (exact) mass is 466 g/mol. The van der Waals surface area contributed by atoms with Gasteiger partial charge >= 0.3 is 5.97 Å². The highest BCUT2D eigenvalue weighted by atomic mass is 32.2. The number of fused-ring (bicyclic) bond motifs is 1. The molecule has 0 aliphatic carbocycles. The van der Waals surface area contributed by atoms with Crippen molar-refractivity contribution in [3.05, 3.63) is 59.3 Å². The summed E-state index contributed by atoms with van der Waals surface area (Å²) in [6.07, 6.45) is 3.13. The molecule has 172 valence electrons. The van der Waals surface area contributed by atoms with Gasteiger partial charge in [0.15, 0.2) is 0 Å². The van der Waals surface area contributed by atoms with Crippen LogP contribution in [0.3, 0.4) is 0 Å². The molecule has 2 N–H and O–H groups in total. The minimum absolute atomic E-state index is 0.000182. The van der Waals surface area contributed by atoms with Gasteiger partial charge in [0.1, 0.15) is 5.70 Å². The maximum atomic E-state index is 12.6. The molecule has 1 fully saturated rings. The van der Waals surface area contributed by atoms with Crippen LogP contribution < -0.4 is 4.31 Å². The molecule has 5 rings (SSSR count). The van der Waals surface area contributed by atoms with Crippen LogP contribution in [0.5, 0.6) is 0 Å². The number of anilines is 1. The summed E-state index contributed by atoms with van der Waals surface area (Å²) in [7, 11) is 1.31. The molecule has 2 aromatic carbocycles. The summed E-state index contributed by atoms with van der Waals surface area (Å²) in [5, 5.41) is 21.9. The Kier molecular flexibility index (Phi) is 5.47. The topological polar surface area (TPSA) is 90.3 Å². The van der Waals surface area contributed by atoms with Crippen molar-refractivity contribution in [3.8, 4) is 0 Å². The number of methoxy groups -OCH3 is 1. The normalized spacial score (nSPS) is 24.6. The van der Waals surface area contributed by atoms with Gasteiger partial charge < -0.3 is 24.2 Å². The van der Waals surface area contributed by atoms with E-state index in [4.69, 9.17) is 4.74 Å². The van der Waals surface area contributed by atoms with Crippen LogP contribution in [0.25, 0.3) is 10.8 Å². The van der Waals surface area contributed by atoms with Crippen LogP contribution in [-0.4, -0.2) is 52.8 Å². The number of aliphatic hydroxyl groups excluding tert-OH is 2. The molecule has 2 aromatic rings. The zero-order chi connectivity index (χ0) is 23.4. The summed E-state index contributed by atoms with van der Waals surface area (Å²) in [5.74, 6) is -1.37. The molecular formula is C25H26N2O5S. The van der Waals surface area contributed by atoms with Gasteiger partial charge in [-0.3, -0.25) is 4.79 Å². The molecule has 0 aromatic heterocycles. The molecule has 3 aliphatic heterocycles. The van der Waals surface area contributed by atoms with Crippen LogP contribution in [-0.2, 0) is 20.9 Å². The van der Waals surface area contributed by atoms with E-state index in [1.165, 1.54) is 17.4 Å². The first kappa shape index (κ1) is 22.0. The minimum atomic E-state index is -0.771. The number of benzene rings is 2. The Labute approximate surface area is 196 Å². The molecule has 4 atom stereocenters. The molecule has 4 unspecified atom stereocenters. The second kappa shape index (κ2) is 8.20. The standard InChI is InChI=1S/C25H26N2O5S/c1-13-17(23(25(31)32-3)27-22(13)20(14(2)29)24(27)30)7-5-9-26-18-8-4-6-16-10-15(12-28)11-19(33-26)21(16)18/h4-8,10-11,13-14,20,22,28-29H,9,12H2,1-3H3/b7-5+. The summed E-state index contributed by atoms with van der Waals surface area (Å²) >= 11 is 1.62. The lowest BCUT2D eigenvalue weighted by molar-refractivity contribution is -0.163. The molecule has 0 saturated carbocycles. The van der Waals surface area contributed by atoms with Crippen molar-refractivity contribution in [1.82, 2.24) is 4.90 Å². The fourth-order valence-corrected chi connectivity index (χ4v) is 6.44. The number of β-lactam (4-membered cyclic amide) rings is 1. The highest BCUT2D eigenvalue weighted by molar-refractivity contribution is 8.01. The number of amides is 1. The van der Waals surface area contributed by atoms with E-state index in [1.54, 1.807) is 18.9 Å². The highest BCUT2D eigenvalue weighted by Gasteiger charge is 2.59. The van der Waals surface area contributed by atoms with Crippen molar-refractivity contribution >= 4 is 40.3 Å². The molecule has 33 heavy (non-hydrogen) atoms. The second-order valence-corrected chi connectivity index (χ2v) is 9.79. The van der Waals surface area contributed by atoms with Gasteiger partial charge in [0, 0.05) is 22.7 Å². The Hall–Kier alpha value is -2.81. The zero-order valence-electron chi connectivity index (χ0n) is 18.7. The van der Waals surface area contributed by atoms with Gasteiger partial charge in [-0.15, -0.1) is 0 Å². The largest absolute Gasteiger partial charge is 0.464 e. The summed E-state index contributed by atoms with van der Waals surface area (Å²) < 4.78 is 7.14. The van der Waals surface area contributed by atoms with E-state index in [1.807, 2.05) is 37.3 Å². The van der Waals surface area contributed by atoms with Crippen molar-refractivity contribution in [1.29, 1.82) is 0 Å². The molecule has 0 spiro atoms. The van der Waals surface area contributed by atoms with Crippen LogP contribution in [0.1, 0.15) is 19.4 Å². The Bertz CT molecular complexity index is 1220. The molecule has 7 nitrogen and oxygen atoms in total. The minimum Gasteiger partial charge on any atom is -0.464 e. The fourth-order valence-electron chi connectivity index (χ4n) is 5.28. The molecule has 1 saturated heterocycles. The van der Waals surface area contributed by atoms with Crippen molar-refractivity contribution in [2.24, 2.45) is 11.8 Å². The third-order valence-corrected chi connectivity index (χ3v) is 7.90. The van der Waals surface area contributed by atoms with E-state index in [0.717, 1.165) is 27.1 Å². The number of carbonyl (C=O) groups excluding carboxylic acids is 2. The number of hydrogen-bond donors (Lipinski definition) is 2. The summed E-state index contributed by atoms with van der Waals surface area (Å²) in [6, 6.07) is 9.93. The van der Waals surface area contributed by atoms with Gasteiger partial charge in [-0.2, -0.15) is 0 Å². The Balaban J connectivity index is 1.42. The lowest BCUT2D eigenvalue weighted by atomic mass is 9.78. The number of ether oxygens (including phenoxy) is 1. The van der Waals surface area contributed by atoms with Gasteiger partial charge in [0.2, 0.25) is 5.91 Å². The van der Waals surface area contributed by atoms with E-state index in [0.29, 0.717) is 6.54 Å². The maximum Gasteiger partial charge on any atom is 0.355 e. The predicted molar refractivity (Wildman–Crippen MR) is 126 cm³/mol. The first-order valence-corrected chi connectivity index (χ1v) is 11.8. The van der Waals surface area contributed by atoms with Gasteiger partial charge in [0.25, 0.3) is 0 Å². The third-order valence-electron chi connectivity index (χ3n) is 6.81.